The van der Waals surface area contributed by atoms with Gasteiger partial charge in [-0.25, -0.2) is 0 Å². The van der Waals surface area contributed by atoms with Gasteiger partial charge in [-0.15, -0.1) is 0 Å². The number of anilines is 1. The predicted octanol–water partition coefficient (Wildman–Crippen LogP) is 1.32. The van der Waals surface area contributed by atoms with Crippen molar-refractivity contribution >= 4 is 22.9 Å². The van der Waals surface area contributed by atoms with E-state index in [1.54, 1.807) is 11.3 Å². The van der Waals surface area contributed by atoms with Crippen LogP contribution in [0.15, 0.2) is 16.8 Å². The van der Waals surface area contributed by atoms with Gasteiger partial charge in [-0.3, -0.25) is 14.8 Å². The van der Waals surface area contributed by atoms with Gasteiger partial charge in [0.05, 0.1) is 11.4 Å². The molecule has 6 nitrogen and oxygen atoms in total. The van der Waals surface area contributed by atoms with E-state index in [4.69, 9.17) is 5.73 Å². The minimum Gasteiger partial charge on any atom is -0.395 e. The third-order valence-corrected chi connectivity index (χ3v) is 4.57. The van der Waals surface area contributed by atoms with Crippen LogP contribution in [0.2, 0.25) is 0 Å². The highest BCUT2D eigenvalue weighted by atomic mass is 32.1. The maximum absolute atomic E-state index is 12.4. The predicted molar refractivity (Wildman–Crippen MR) is 83.2 cm³/mol. The fourth-order valence-electron chi connectivity index (χ4n) is 2.50. The molecule has 3 heterocycles. The number of nitrogens with zero attached hydrogens (tertiary/aromatic N) is 3. The average molecular weight is 305 g/mol. The molecule has 0 atom stereocenters. The summed E-state index contributed by atoms with van der Waals surface area (Å²) in [6.07, 6.45) is 0. The summed E-state index contributed by atoms with van der Waals surface area (Å²) < 4.78 is 0. The van der Waals surface area contributed by atoms with E-state index in [9.17, 15) is 4.79 Å². The highest BCUT2D eigenvalue weighted by Gasteiger charge is 2.25. The van der Waals surface area contributed by atoms with Crippen molar-refractivity contribution in [2.45, 2.75) is 13.5 Å². The molecule has 1 aliphatic rings. The molecule has 0 radical (unpaired) electrons. The van der Waals surface area contributed by atoms with Gasteiger partial charge in [-0.05, 0) is 29.3 Å². The van der Waals surface area contributed by atoms with Gasteiger partial charge in [0.2, 0.25) is 0 Å². The number of amides is 1. The summed E-state index contributed by atoms with van der Waals surface area (Å²) in [5.74, 6) is -0.0768. The largest absolute Gasteiger partial charge is 0.395 e. The number of hydrogen-bond donors (Lipinski definition) is 2. The Balaban J connectivity index is 1.58. The first-order valence-electron chi connectivity index (χ1n) is 6.98. The number of nitrogens with one attached hydrogen (secondary N) is 1. The van der Waals surface area contributed by atoms with Gasteiger partial charge >= 0.3 is 0 Å². The first-order valence-corrected chi connectivity index (χ1v) is 7.92. The first-order chi connectivity index (χ1) is 10.1. The van der Waals surface area contributed by atoms with Gasteiger partial charge < -0.3 is 10.6 Å². The number of hydrogen-bond acceptors (Lipinski definition) is 5. The van der Waals surface area contributed by atoms with E-state index in [1.807, 2.05) is 11.8 Å². The lowest BCUT2D eigenvalue weighted by molar-refractivity contribution is 0.0624. The van der Waals surface area contributed by atoms with Crippen LogP contribution in [0.3, 0.4) is 0 Å². The van der Waals surface area contributed by atoms with Crippen LogP contribution in [0.25, 0.3) is 0 Å². The summed E-state index contributed by atoms with van der Waals surface area (Å²) in [6.45, 7) is 5.96. The number of piperazine rings is 1. The minimum atomic E-state index is -0.0768. The molecule has 7 heteroatoms. The lowest BCUT2D eigenvalue weighted by atomic mass is 10.2. The molecule has 0 saturated carbocycles. The van der Waals surface area contributed by atoms with Crippen molar-refractivity contribution in [3.05, 3.63) is 33.8 Å². The lowest BCUT2D eigenvalue weighted by Gasteiger charge is -2.34. The number of thiophene rings is 1. The second-order valence-electron chi connectivity index (χ2n) is 5.31. The molecule has 3 rings (SSSR count). The molecule has 21 heavy (non-hydrogen) atoms. The first kappa shape index (κ1) is 14.1. The molecule has 0 unspecified atom stereocenters. The Hall–Kier alpha value is -1.86. The number of rotatable bonds is 3. The van der Waals surface area contributed by atoms with Crippen molar-refractivity contribution in [1.82, 2.24) is 20.0 Å². The molecule has 0 aliphatic carbocycles. The van der Waals surface area contributed by atoms with Gasteiger partial charge in [0.15, 0.2) is 5.69 Å². The van der Waals surface area contributed by atoms with Crippen LogP contribution in [0.5, 0.6) is 0 Å². The van der Waals surface area contributed by atoms with Crippen LogP contribution in [0.4, 0.5) is 5.69 Å². The van der Waals surface area contributed by atoms with Crippen molar-refractivity contribution in [2.75, 3.05) is 31.9 Å². The molecule has 2 aromatic rings. The van der Waals surface area contributed by atoms with E-state index in [1.165, 1.54) is 5.56 Å². The summed E-state index contributed by atoms with van der Waals surface area (Å²) in [7, 11) is 0. The maximum atomic E-state index is 12.4. The fraction of sp³-hybridized carbons (Fsp3) is 0.429. The number of aromatic nitrogens is 2. The normalized spacial score (nSPS) is 16.3. The van der Waals surface area contributed by atoms with Crippen LogP contribution in [0, 0.1) is 6.92 Å². The van der Waals surface area contributed by atoms with Gasteiger partial charge in [0.1, 0.15) is 0 Å². The minimum absolute atomic E-state index is 0.0768. The Labute approximate surface area is 127 Å². The quantitative estimate of drug-likeness (QED) is 0.896. The highest BCUT2D eigenvalue weighted by molar-refractivity contribution is 7.07. The Morgan fingerprint density at radius 1 is 1.43 bits per heavy atom. The number of aromatic amines is 1. The number of H-pyrrole nitrogens is 1. The summed E-state index contributed by atoms with van der Waals surface area (Å²) in [6, 6.07) is 2.15. The standard InChI is InChI=1S/C14H19N5OS/c1-10-12(15)13(17-16-10)14(20)19-5-3-18(4-6-19)8-11-2-7-21-9-11/h2,7,9H,3-6,8,15H2,1H3,(H,16,17). The third-order valence-electron chi connectivity index (χ3n) is 3.84. The number of carbonyl (C=O) groups is 1. The molecular formula is C14H19N5OS. The smallest absolute Gasteiger partial charge is 0.276 e. The molecule has 3 N–H and O–H groups in total. The fourth-order valence-corrected chi connectivity index (χ4v) is 3.16. The van der Waals surface area contributed by atoms with Gasteiger partial charge in [0.25, 0.3) is 5.91 Å². The van der Waals surface area contributed by atoms with Crippen molar-refractivity contribution in [2.24, 2.45) is 0 Å². The van der Waals surface area contributed by atoms with Gasteiger partial charge in [-0.2, -0.15) is 16.4 Å². The summed E-state index contributed by atoms with van der Waals surface area (Å²) >= 11 is 1.72. The van der Waals surface area contributed by atoms with E-state index in [0.29, 0.717) is 24.5 Å². The van der Waals surface area contributed by atoms with Crippen LogP contribution in [0.1, 0.15) is 21.7 Å². The van der Waals surface area contributed by atoms with Crippen LogP contribution in [-0.4, -0.2) is 52.1 Å². The zero-order valence-corrected chi connectivity index (χ0v) is 12.8. The van der Waals surface area contributed by atoms with E-state index in [0.717, 1.165) is 25.3 Å². The summed E-state index contributed by atoms with van der Waals surface area (Å²) in [5.41, 5.74) is 8.77. The summed E-state index contributed by atoms with van der Waals surface area (Å²) in [5, 5.41) is 11.0. The second-order valence-corrected chi connectivity index (χ2v) is 6.09. The monoisotopic (exact) mass is 305 g/mol. The molecule has 1 fully saturated rings. The Bertz CT molecular complexity index is 613. The highest BCUT2D eigenvalue weighted by Crippen LogP contribution is 2.17. The van der Waals surface area contributed by atoms with E-state index >= 15 is 0 Å². The van der Waals surface area contributed by atoms with Crippen LogP contribution >= 0.6 is 11.3 Å². The van der Waals surface area contributed by atoms with Gasteiger partial charge in [0, 0.05) is 32.7 Å². The van der Waals surface area contributed by atoms with Crippen molar-refractivity contribution in [3.63, 3.8) is 0 Å². The van der Waals surface area contributed by atoms with Crippen molar-refractivity contribution in [1.29, 1.82) is 0 Å². The molecule has 1 saturated heterocycles. The zero-order valence-electron chi connectivity index (χ0n) is 12.0. The number of nitrogens with two attached hydrogens (primary N) is 1. The average Bonchev–Trinajstić information content (AvgIpc) is 3.11. The Kier molecular flexibility index (Phi) is 3.94. The molecular weight excluding hydrogens is 286 g/mol. The molecule has 0 bridgehead atoms. The number of carbonyl (C=O) groups excluding carboxylic acids is 1. The molecule has 112 valence electrons. The van der Waals surface area contributed by atoms with E-state index in [-0.39, 0.29) is 5.91 Å². The van der Waals surface area contributed by atoms with Crippen LogP contribution < -0.4 is 5.73 Å². The Morgan fingerprint density at radius 3 is 2.76 bits per heavy atom. The van der Waals surface area contributed by atoms with Gasteiger partial charge in [-0.1, -0.05) is 0 Å². The molecule has 0 spiro atoms. The number of nitrogen functional groups attached to an aromatic ring is 1. The van der Waals surface area contributed by atoms with Crippen LogP contribution in [-0.2, 0) is 6.54 Å². The van der Waals surface area contributed by atoms with Crippen molar-refractivity contribution in [3.8, 4) is 0 Å². The SMILES string of the molecule is Cc1[nH]nc(C(=O)N2CCN(Cc3ccsc3)CC2)c1N. The molecule has 2 aromatic heterocycles. The van der Waals surface area contributed by atoms with Crippen molar-refractivity contribution < 1.29 is 4.79 Å². The van der Waals surface area contributed by atoms with E-state index < -0.39 is 0 Å². The molecule has 0 aromatic carbocycles. The lowest BCUT2D eigenvalue weighted by Crippen LogP contribution is -2.48. The zero-order chi connectivity index (χ0) is 14.8. The Morgan fingerprint density at radius 2 is 2.19 bits per heavy atom. The second kappa shape index (κ2) is 5.87. The maximum Gasteiger partial charge on any atom is 0.276 e. The topological polar surface area (TPSA) is 78.2 Å². The summed E-state index contributed by atoms with van der Waals surface area (Å²) in [4.78, 5) is 16.6. The number of aryl methyl sites for hydroxylation is 1. The molecule has 1 aliphatic heterocycles. The molecule has 1 amide bonds. The van der Waals surface area contributed by atoms with E-state index in [2.05, 4.69) is 31.9 Å². The third kappa shape index (κ3) is 2.93.